The van der Waals surface area contributed by atoms with Crippen molar-refractivity contribution in [2.24, 2.45) is 16.1 Å². The highest BCUT2D eigenvalue weighted by molar-refractivity contribution is 5.86. The average molecular weight is 517 g/mol. The number of methoxy groups -OCH3 is 1. The van der Waals surface area contributed by atoms with Crippen molar-refractivity contribution in [3.8, 4) is 17.1 Å². The van der Waals surface area contributed by atoms with Crippen molar-refractivity contribution >= 4 is 11.3 Å². The molecule has 198 valence electrons. The molecule has 0 aliphatic heterocycles. The van der Waals surface area contributed by atoms with Crippen LogP contribution < -0.4 is 4.74 Å². The number of allylic oxidation sites excluding steroid dienone is 4. The van der Waals surface area contributed by atoms with Gasteiger partial charge in [0, 0.05) is 13.0 Å². The number of azo groups is 1. The Labute approximate surface area is 222 Å². The lowest BCUT2D eigenvalue weighted by molar-refractivity contribution is 0.288. The fourth-order valence-electron chi connectivity index (χ4n) is 4.25. The van der Waals surface area contributed by atoms with Gasteiger partial charge in [-0.3, -0.25) is 0 Å². The number of halogens is 1. The van der Waals surface area contributed by atoms with Crippen molar-refractivity contribution in [2.75, 3.05) is 20.3 Å². The van der Waals surface area contributed by atoms with E-state index in [0.717, 1.165) is 23.1 Å². The van der Waals surface area contributed by atoms with E-state index >= 15 is 0 Å². The summed E-state index contributed by atoms with van der Waals surface area (Å²) < 4.78 is 25.5. The van der Waals surface area contributed by atoms with Crippen LogP contribution in [0.1, 0.15) is 50.1 Å². The van der Waals surface area contributed by atoms with Gasteiger partial charge in [0.25, 0.3) is 5.89 Å². The molecular formula is C30H33FN4O3. The number of benzene rings is 2. The Balaban J connectivity index is 1.62. The van der Waals surface area contributed by atoms with Gasteiger partial charge < -0.3 is 14.4 Å². The van der Waals surface area contributed by atoms with Crippen LogP contribution in [0.2, 0.25) is 0 Å². The molecule has 4 rings (SSSR count). The third-order valence-corrected chi connectivity index (χ3v) is 6.45. The zero-order valence-corrected chi connectivity index (χ0v) is 22.0. The molecule has 3 aromatic rings. The van der Waals surface area contributed by atoms with Crippen molar-refractivity contribution in [3.05, 3.63) is 89.1 Å². The third-order valence-electron chi connectivity index (χ3n) is 6.45. The summed E-state index contributed by atoms with van der Waals surface area (Å²) in [6, 6.07) is 15.6. The summed E-state index contributed by atoms with van der Waals surface area (Å²) in [5.74, 6) is 1.35. The van der Waals surface area contributed by atoms with Gasteiger partial charge in [-0.1, -0.05) is 60.6 Å². The van der Waals surface area contributed by atoms with Gasteiger partial charge in [0.05, 0.1) is 19.2 Å². The molecule has 1 heterocycles. The van der Waals surface area contributed by atoms with Crippen LogP contribution in [0.15, 0.2) is 86.8 Å². The molecule has 1 aliphatic rings. The highest BCUT2D eigenvalue weighted by Crippen LogP contribution is 2.33. The number of aliphatic hydroxyl groups excluding tert-OH is 1. The van der Waals surface area contributed by atoms with Crippen molar-refractivity contribution in [1.82, 2.24) is 10.1 Å². The Morgan fingerprint density at radius 1 is 1.18 bits per heavy atom. The first-order valence-corrected chi connectivity index (χ1v) is 12.8. The molecule has 0 spiro atoms. The van der Waals surface area contributed by atoms with E-state index in [4.69, 9.17) is 14.4 Å². The van der Waals surface area contributed by atoms with Gasteiger partial charge in [-0.25, -0.2) is 4.39 Å². The molecule has 0 radical (unpaired) electrons. The summed E-state index contributed by atoms with van der Waals surface area (Å²) in [5.41, 5.74) is 4.63. The van der Waals surface area contributed by atoms with E-state index in [-0.39, 0.29) is 24.2 Å². The molecule has 0 fully saturated rings. The van der Waals surface area contributed by atoms with Gasteiger partial charge in [0.1, 0.15) is 11.6 Å². The topological polar surface area (TPSA) is 93.1 Å². The van der Waals surface area contributed by atoms with Crippen molar-refractivity contribution in [2.45, 2.75) is 39.5 Å². The van der Waals surface area contributed by atoms with Gasteiger partial charge in [-0.15, -0.1) is 5.11 Å². The molecule has 1 N–H and O–H groups in total. The minimum atomic E-state index is -0.0794. The number of aliphatic hydroxyl groups is 1. The first kappa shape index (κ1) is 27.1. The summed E-state index contributed by atoms with van der Waals surface area (Å²) in [6.45, 7) is 4.38. The van der Waals surface area contributed by atoms with Crippen molar-refractivity contribution in [1.29, 1.82) is 0 Å². The van der Waals surface area contributed by atoms with Crippen molar-refractivity contribution < 1.29 is 18.8 Å². The molecular weight excluding hydrogens is 483 g/mol. The number of aryl methyl sites for hydroxylation is 1. The van der Waals surface area contributed by atoms with E-state index in [1.807, 2.05) is 74.5 Å². The van der Waals surface area contributed by atoms with Gasteiger partial charge in [-0.05, 0) is 66.5 Å². The molecule has 1 aromatic heterocycles. The Kier molecular flexibility index (Phi) is 9.32. The summed E-state index contributed by atoms with van der Waals surface area (Å²) >= 11 is 0. The van der Waals surface area contributed by atoms with Gasteiger partial charge in [-0.2, -0.15) is 10.1 Å². The molecule has 7 nitrogen and oxygen atoms in total. The predicted octanol–water partition coefficient (Wildman–Crippen LogP) is 7.22. The molecule has 0 amide bonds. The van der Waals surface area contributed by atoms with Crippen LogP contribution in [0.3, 0.4) is 0 Å². The minimum absolute atomic E-state index is 0.0794. The van der Waals surface area contributed by atoms with Crippen LogP contribution in [-0.2, 0) is 6.42 Å². The second-order valence-electron chi connectivity index (χ2n) is 9.31. The normalized spacial score (nSPS) is 16.3. The standard InChI is InChI=1S/C30H33FN4O3/c1-20-11-13-24(26(31)18-20)15-16-32-34-28(21(2)23-9-5-4-6-10-23)30-33-29(35-38-30)25-14-12-22(8-7-17-36)19-27(25)37-3/h4-6,9-14,19-20,36H,7-8,15-18H2,1-3H3/b28-21+,34-32-. The first-order chi connectivity index (χ1) is 18.5. The Bertz CT molecular complexity index is 1360. The molecule has 1 atom stereocenters. The molecule has 2 aromatic carbocycles. The molecule has 0 saturated heterocycles. The van der Waals surface area contributed by atoms with Crippen LogP contribution in [0.4, 0.5) is 4.39 Å². The minimum Gasteiger partial charge on any atom is -0.496 e. The lowest BCUT2D eigenvalue weighted by Crippen LogP contribution is -2.00. The average Bonchev–Trinajstić information content (AvgIpc) is 3.42. The predicted molar refractivity (Wildman–Crippen MR) is 146 cm³/mol. The highest BCUT2D eigenvalue weighted by Gasteiger charge is 2.19. The van der Waals surface area contributed by atoms with Crippen LogP contribution in [0.25, 0.3) is 22.7 Å². The number of ether oxygens (including phenoxy) is 1. The number of aromatic nitrogens is 2. The van der Waals surface area contributed by atoms with E-state index in [1.54, 1.807) is 7.11 Å². The van der Waals surface area contributed by atoms with Crippen molar-refractivity contribution in [3.63, 3.8) is 0 Å². The maximum absolute atomic E-state index is 14.3. The smallest absolute Gasteiger partial charge is 0.279 e. The highest BCUT2D eigenvalue weighted by atomic mass is 19.1. The Hall–Kier alpha value is -3.91. The Morgan fingerprint density at radius 2 is 2.00 bits per heavy atom. The second-order valence-corrected chi connectivity index (χ2v) is 9.31. The van der Waals surface area contributed by atoms with Crippen LogP contribution in [0, 0.1) is 5.92 Å². The molecule has 0 saturated carbocycles. The summed E-state index contributed by atoms with van der Waals surface area (Å²) in [7, 11) is 1.59. The van der Waals surface area contributed by atoms with Crippen LogP contribution in [0.5, 0.6) is 5.75 Å². The summed E-state index contributed by atoms with van der Waals surface area (Å²) in [4.78, 5) is 4.63. The second kappa shape index (κ2) is 13.1. The van der Waals surface area contributed by atoms with Gasteiger partial charge in [0.15, 0.2) is 5.70 Å². The van der Waals surface area contributed by atoms with Crippen LogP contribution in [-0.4, -0.2) is 35.5 Å². The SMILES string of the molecule is COc1cc(CCCO)ccc1-c1noc(C(/N=N\CCC2=C(F)CC(C)C=C2)=C(/C)c2ccccc2)n1. The molecule has 0 bridgehead atoms. The molecule has 1 unspecified atom stereocenters. The van der Waals surface area contributed by atoms with E-state index in [2.05, 4.69) is 20.4 Å². The lowest BCUT2D eigenvalue weighted by atomic mass is 9.96. The number of hydrogen-bond donors (Lipinski definition) is 1. The van der Waals surface area contributed by atoms with E-state index in [0.29, 0.717) is 54.2 Å². The molecule has 38 heavy (non-hydrogen) atoms. The maximum atomic E-state index is 14.3. The number of nitrogens with zero attached hydrogens (tertiary/aromatic N) is 4. The molecule has 8 heteroatoms. The van der Waals surface area contributed by atoms with E-state index in [1.165, 1.54) is 0 Å². The zero-order valence-electron chi connectivity index (χ0n) is 22.0. The summed E-state index contributed by atoms with van der Waals surface area (Å²) in [5, 5.41) is 22.2. The fourth-order valence-corrected chi connectivity index (χ4v) is 4.25. The first-order valence-electron chi connectivity index (χ1n) is 12.8. The van der Waals surface area contributed by atoms with Gasteiger partial charge >= 0.3 is 0 Å². The quantitative estimate of drug-likeness (QED) is 0.272. The number of hydrogen-bond acceptors (Lipinski definition) is 7. The third kappa shape index (κ3) is 6.69. The fraction of sp³-hybridized carbons (Fsp3) is 0.333. The molecule has 1 aliphatic carbocycles. The lowest BCUT2D eigenvalue weighted by Gasteiger charge is -2.13. The zero-order chi connectivity index (χ0) is 26.9. The Morgan fingerprint density at radius 3 is 2.74 bits per heavy atom. The largest absolute Gasteiger partial charge is 0.496 e. The van der Waals surface area contributed by atoms with E-state index < -0.39 is 0 Å². The van der Waals surface area contributed by atoms with E-state index in [9.17, 15) is 4.39 Å². The maximum Gasteiger partial charge on any atom is 0.279 e. The van der Waals surface area contributed by atoms with Crippen LogP contribution >= 0.6 is 0 Å². The summed E-state index contributed by atoms with van der Waals surface area (Å²) in [6.07, 6.45) is 6.17. The monoisotopic (exact) mass is 516 g/mol. The van der Waals surface area contributed by atoms with Gasteiger partial charge in [0.2, 0.25) is 5.82 Å². The number of rotatable bonds is 11.